The molecule has 1 aromatic carbocycles. The molecule has 7 nitrogen and oxygen atoms in total. The van der Waals surface area contributed by atoms with Crippen LogP contribution >= 0.6 is 0 Å². The fourth-order valence-electron chi connectivity index (χ4n) is 3.83. The number of para-hydroxylation sites is 1. The predicted molar refractivity (Wildman–Crippen MR) is 102 cm³/mol. The zero-order chi connectivity index (χ0) is 19.0. The van der Waals surface area contributed by atoms with Gasteiger partial charge in [-0.05, 0) is 38.0 Å². The fourth-order valence-corrected chi connectivity index (χ4v) is 3.83. The van der Waals surface area contributed by atoms with E-state index in [1.165, 1.54) is 5.56 Å². The number of aryl methyl sites for hydroxylation is 1. The smallest absolute Gasteiger partial charge is 0.272 e. The van der Waals surface area contributed by atoms with Crippen molar-refractivity contribution >= 4 is 24.0 Å². The van der Waals surface area contributed by atoms with Gasteiger partial charge in [0.05, 0.1) is 0 Å². The first-order chi connectivity index (χ1) is 13.1. The number of fused-ring (bicyclic) bond motifs is 1. The van der Waals surface area contributed by atoms with Gasteiger partial charge in [-0.2, -0.15) is 0 Å². The molecule has 0 aliphatic carbocycles. The lowest BCUT2D eigenvalue weighted by molar-refractivity contribution is -0.119. The van der Waals surface area contributed by atoms with Crippen LogP contribution in [0.25, 0.3) is 0 Å². The Labute approximate surface area is 158 Å². The Bertz CT molecular complexity index is 876. The molecular formula is C20H23N5O2. The van der Waals surface area contributed by atoms with Crippen molar-refractivity contribution in [1.82, 2.24) is 19.8 Å². The maximum atomic E-state index is 13.0. The van der Waals surface area contributed by atoms with E-state index in [1.807, 2.05) is 19.1 Å². The molecule has 3 heterocycles. The summed E-state index contributed by atoms with van der Waals surface area (Å²) in [7, 11) is 0. The van der Waals surface area contributed by atoms with Crippen LogP contribution in [0.3, 0.4) is 0 Å². The quantitative estimate of drug-likeness (QED) is 0.776. The van der Waals surface area contributed by atoms with Crippen molar-refractivity contribution in [3.05, 3.63) is 47.3 Å². The summed E-state index contributed by atoms with van der Waals surface area (Å²) in [6, 6.07) is 10.2. The van der Waals surface area contributed by atoms with Crippen LogP contribution in [0, 0.1) is 6.92 Å². The highest BCUT2D eigenvalue weighted by Crippen LogP contribution is 2.36. The summed E-state index contributed by atoms with van der Waals surface area (Å²) in [4.78, 5) is 38.6. The molecule has 7 heteroatoms. The minimum atomic E-state index is -0.104. The first-order valence-electron chi connectivity index (χ1n) is 9.28. The van der Waals surface area contributed by atoms with Gasteiger partial charge in [0.25, 0.3) is 5.91 Å². The van der Waals surface area contributed by atoms with E-state index < -0.39 is 0 Å². The number of carbonyl (C=O) groups excluding carboxylic acids is 2. The highest BCUT2D eigenvalue weighted by molar-refractivity contribution is 5.93. The van der Waals surface area contributed by atoms with Gasteiger partial charge < -0.3 is 14.7 Å². The van der Waals surface area contributed by atoms with Gasteiger partial charge in [0, 0.05) is 43.6 Å². The predicted octanol–water partition coefficient (Wildman–Crippen LogP) is 1.78. The molecule has 27 heavy (non-hydrogen) atoms. The molecular weight excluding hydrogens is 342 g/mol. The number of anilines is 2. The zero-order valence-electron chi connectivity index (χ0n) is 15.6. The molecule has 1 atom stereocenters. The zero-order valence-corrected chi connectivity index (χ0v) is 15.6. The molecule has 2 aliphatic rings. The Hall–Kier alpha value is -2.96. The molecule has 2 aliphatic heterocycles. The number of amides is 2. The minimum absolute atomic E-state index is 0.104. The average Bonchev–Trinajstić information content (AvgIpc) is 3.02. The highest BCUT2D eigenvalue weighted by atomic mass is 16.2. The molecule has 1 saturated heterocycles. The summed E-state index contributed by atoms with van der Waals surface area (Å²) < 4.78 is 0. The number of hydrogen-bond donors (Lipinski definition) is 0. The van der Waals surface area contributed by atoms with Crippen LogP contribution in [0.1, 0.15) is 28.7 Å². The van der Waals surface area contributed by atoms with Gasteiger partial charge in [0.1, 0.15) is 5.69 Å². The molecule has 0 radical (unpaired) electrons. The fraction of sp³-hybridized carbons (Fsp3) is 0.400. The summed E-state index contributed by atoms with van der Waals surface area (Å²) in [5.74, 6) is 0.467. The molecule has 1 aromatic heterocycles. The van der Waals surface area contributed by atoms with Gasteiger partial charge in [-0.25, -0.2) is 9.97 Å². The van der Waals surface area contributed by atoms with Gasteiger partial charge in [-0.3, -0.25) is 9.59 Å². The lowest BCUT2D eigenvalue weighted by Gasteiger charge is -2.32. The van der Waals surface area contributed by atoms with Crippen LogP contribution in [0.15, 0.2) is 30.3 Å². The van der Waals surface area contributed by atoms with Crippen LogP contribution in [0.5, 0.6) is 0 Å². The SMILES string of the molecule is Cc1cc(C(=O)N2CCN(C=O)CC2)nc(N2c3ccccc3CC2C)n1. The van der Waals surface area contributed by atoms with Crippen LogP contribution < -0.4 is 4.90 Å². The van der Waals surface area contributed by atoms with Gasteiger partial charge in [0.2, 0.25) is 12.4 Å². The second-order valence-electron chi connectivity index (χ2n) is 7.18. The van der Waals surface area contributed by atoms with E-state index in [-0.39, 0.29) is 11.9 Å². The number of hydrogen-bond acceptors (Lipinski definition) is 5. The summed E-state index contributed by atoms with van der Waals surface area (Å²) in [6.45, 7) is 6.20. The number of benzene rings is 1. The van der Waals surface area contributed by atoms with E-state index in [1.54, 1.807) is 15.9 Å². The van der Waals surface area contributed by atoms with Crippen molar-refractivity contribution in [2.45, 2.75) is 26.3 Å². The molecule has 4 rings (SSSR count). The Morgan fingerprint density at radius 2 is 1.89 bits per heavy atom. The Morgan fingerprint density at radius 1 is 1.15 bits per heavy atom. The van der Waals surface area contributed by atoms with Crippen molar-refractivity contribution in [2.75, 3.05) is 31.1 Å². The van der Waals surface area contributed by atoms with E-state index in [2.05, 4.69) is 33.9 Å². The minimum Gasteiger partial charge on any atom is -0.342 e. The van der Waals surface area contributed by atoms with E-state index in [0.717, 1.165) is 24.2 Å². The second kappa shape index (κ2) is 6.98. The molecule has 0 saturated carbocycles. The Balaban J connectivity index is 1.63. The first-order valence-corrected chi connectivity index (χ1v) is 9.28. The van der Waals surface area contributed by atoms with Gasteiger partial charge >= 0.3 is 0 Å². The lowest BCUT2D eigenvalue weighted by Crippen LogP contribution is -2.48. The van der Waals surface area contributed by atoms with Crippen LogP contribution in [0.4, 0.5) is 11.6 Å². The monoisotopic (exact) mass is 365 g/mol. The maximum absolute atomic E-state index is 13.0. The molecule has 2 amide bonds. The molecule has 0 spiro atoms. The summed E-state index contributed by atoms with van der Waals surface area (Å²) >= 11 is 0. The molecule has 0 bridgehead atoms. The third-order valence-electron chi connectivity index (χ3n) is 5.23. The lowest BCUT2D eigenvalue weighted by atomic mass is 10.1. The summed E-state index contributed by atoms with van der Waals surface area (Å²) in [5.41, 5.74) is 3.56. The summed E-state index contributed by atoms with van der Waals surface area (Å²) in [5, 5.41) is 0. The normalized spacial score (nSPS) is 19.2. The number of carbonyl (C=O) groups is 2. The van der Waals surface area contributed by atoms with Crippen LogP contribution in [-0.4, -0.2) is 64.3 Å². The van der Waals surface area contributed by atoms with E-state index in [9.17, 15) is 9.59 Å². The number of rotatable bonds is 3. The van der Waals surface area contributed by atoms with Crippen molar-refractivity contribution in [1.29, 1.82) is 0 Å². The van der Waals surface area contributed by atoms with E-state index in [4.69, 9.17) is 0 Å². The van der Waals surface area contributed by atoms with E-state index in [0.29, 0.717) is 37.8 Å². The molecule has 140 valence electrons. The van der Waals surface area contributed by atoms with Gasteiger partial charge in [-0.1, -0.05) is 18.2 Å². The molecule has 0 N–H and O–H groups in total. The van der Waals surface area contributed by atoms with Gasteiger partial charge in [0.15, 0.2) is 0 Å². The number of nitrogens with zero attached hydrogens (tertiary/aromatic N) is 5. The molecule has 1 fully saturated rings. The van der Waals surface area contributed by atoms with Crippen LogP contribution in [0.2, 0.25) is 0 Å². The second-order valence-corrected chi connectivity index (χ2v) is 7.18. The van der Waals surface area contributed by atoms with Crippen LogP contribution in [-0.2, 0) is 11.2 Å². The number of aromatic nitrogens is 2. The van der Waals surface area contributed by atoms with Crippen molar-refractivity contribution in [2.24, 2.45) is 0 Å². The van der Waals surface area contributed by atoms with Gasteiger partial charge in [-0.15, -0.1) is 0 Å². The highest BCUT2D eigenvalue weighted by Gasteiger charge is 2.30. The Morgan fingerprint density at radius 3 is 2.63 bits per heavy atom. The standard InChI is InChI=1S/C20H23N5O2/c1-14-11-17(19(27)24-9-7-23(13-26)8-10-24)22-20(21-14)25-15(2)12-16-5-3-4-6-18(16)25/h3-6,11,13,15H,7-10,12H2,1-2H3. The average molecular weight is 365 g/mol. The van der Waals surface area contributed by atoms with Crippen molar-refractivity contribution < 1.29 is 9.59 Å². The summed E-state index contributed by atoms with van der Waals surface area (Å²) in [6.07, 6.45) is 1.77. The first kappa shape index (κ1) is 17.5. The molecule has 1 unspecified atom stereocenters. The van der Waals surface area contributed by atoms with Crippen molar-refractivity contribution in [3.63, 3.8) is 0 Å². The van der Waals surface area contributed by atoms with Crippen molar-refractivity contribution in [3.8, 4) is 0 Å². The number of piperazine rings is 1. The largest absolute Gasteiger partial charge is 0.342 e. The molecule has 2 aromatic rings. The third-order valence-corrected chi connectivity index (χ3v) is 5.23. The maximum Gasteiger partial charge on any atom is 0.272 e. The topological polar surface area (TPSA) is 69.6 Å². The van der Waals surface area contributed by atoms with E-state index >= 15 is 0 Å². The Kier molecular flexibility index (Phi) is 4.51. The third kappa shape index (κ3) is 3.25.